The van der Waals surface area contributed by atoms with Gasteiger partial charge in [-0.3, -0.25) is 4.90 Å². The van der Waals surface area contributed by atoms with Gasteiger partial charge in [0.25, 0.3) is 0 Å². The number of benzene rings is 2. The number of hydrogen-bond acceptors (Lipinski definition) is 4. The molecule has 34 heavy (non-hydrogen) atoms. The Balaban J connectivity index is 0.00000274. The van der Waals surface area contributed by atoms with E-state index in [1.165, 1.54) is 17.5 Å². The lowest BCUT2D eigenvalue weighted by atomic mass is 9.64. The van der Waals surface area contributed by atoms with Crippen LogP contribution in [0.3, 0.4) is 0 Å². The molecule has 0 bridgehead atoms. The van der Waals surface area contributed by atoms with Crippen molar-refractivity contribution < 1.29 is 9.47 Å². The minimum Gasteiger partial charge on any atom is -0.454 e. The Hall–Kier alpha value is -2.02. The fraction of sp³-hybridized carbons (Fsp3) is 0.519. The van der Waals surface area contributed by atoms with Gasteiger partial charge in [0.2, 0.25) is 6.79 Å². The number of fused-ring (bicyclic) bond motifs is 2. The number of nitrogens with two attached hydrogens (primary N) is 1. The number of thiocarbonyl (C=S) groups is 1. The molecule has 2 aliphatic heterocycles. The van der Waals surface area contributed by atoms with Gasteiger partial charge in [-0.1, -0.05) is 49.7 Å². The highest BCUT2D eigenvalue weighted by Crippen LogP contribution is 2.51. The summed E-state index contributed by atoms with van der Waals surface area (Å²) >= 11 is 5.50. The quantitative estimate of drug-likeness (QED) is 0.523. The van der Waals surface area contributed by atoms with Crippen LogP contribution in [0.1, 0.15) is 56.6 Å². The second-order valence-corrected chi connectivity index (χ2v) is 10.2. The van der Waals surface area contributed by atoms with E-state index in [1.807, 2.05) is 0 Å². The van der Waals surface area contributed by atoms with E-state index in [4.69, 9.17) is 27.4 Å². The number of nitrogens with zero attached hydrogens (tertiary/aromatic N) is 2. The first-order valence-corrected chi connectivity index (χ1v) is 12.8. The molecule has 2 aromatic rings. The predicted molar refractivity (Wildman–Crippen MR) is 143 cm³/mol. The van der Waals surface area contributed by atoms with Crippen LogP contribution in [0.5, 0.6) is 11.5 Å². The highest BCUT2D eigenvalue weighted by Gasteiger charge is 2.52. The zero-order chi connectivity index (χ0) is 22.8. The first kappa shape index (κ1) is 25.1. The summed E-state index contributed by atoms with van der Waals surface area (Å²) in [5.41, 5.74) is 9.11. The molecule has 1 saturated heterocycles. The van der Waals surface area contributed by atoms with E-state index in [-0.39, 0.29) is 17.8 Å². The van der Waals surface area contributed by atoms with Gasteiger partial charge in [0.15, 0.2) is 16.6 Å². The van der Waals surface area contributed by atoms with Crippen LogP contribution in [-0.4, -0.2) is 46.9 Å². The summed E-state index contributed by atoms with van der Waals surface area (Å²) < 4.78 is 11.3. The lowest BCUT2D eigenvalue weighted by Gasteiger charge is -2.48. The molecule has 7 heteroatoms. The van der Waals surface area contributed by atoms with Crippen molar-refractivity contribution in [2.75, 3.05) is 19.9 Å². The zero-order valence-electron chi connectivity index (χ0n) is 19.9. The fourth-order valence-electron chi connectivity index (χ4n) is 6.26. The van der Waals surface area contributed by atoms with Crippen molar-refractivity contribution >= 4 is 29.7 Å². The molecule has 2 heterocycles. The monoisotopic (exact) mass is 501 g/mol. The van der Waals surface area contributed by atoms with E-state index < -0.39 is 0 Å². The predicted octanol–water partition coefficient (Wildman–Crippen LogP) is 5.25. The lowest BCUT2D eigenvalue weighted by Crippen LogP contribution is -2.54. The maximum atomic E-state index is 6.22. The molecule has 0 aromatic heterocycles. The molecule has 1 aliphatic carbocycles. The molecule has 0 radical (unpaired) electrons. The Morgan fingerprint density at radius 2 is 1.94 bits per heavy atom. The summed E-state index contributed by atoms with van der Waals surface area (Å²) in [7, 11) is 0. The molecule has 1 saturated carbocycles. The maximum Gasteiger partial charge on any atom is 0.231 e. The number of rotatable bonds is 7. The van der Waals surface area contributed by atoms with Crippen LogP contribution in [0.15, 0.2) is 48.5 Å². The van der Waals surface area contributed by atoms with Crippen LogP contribution < -0.4 is 15.2 Å². The molecule has 0 unspecified atom stereocenters. The van der Waals surface area contributed by atoms with Crippen LogP contribution in [0.25, 0.3) is 0 Å². The molecule has 2 aromatic carbocycles. The first-order valence-electron chi connectivity index (χ1n) is 12.3. The molecule has 2 fully saturated rings. The van der Waals surface area contributed by atoms with Gasteiger partial charge in [-0.05, 0) is 74.1 Å². The van der Waals surface area contributed by atoms with E-state index >= 15 is 0 Å². The van der Waals surface area contributed by atoms with Gasteiger partial charge in [-0.25, -0.2) is 0 Å². The van der Waals surface area contributed by atoms with Crippen LogP contribution in [0.2, 0.25) is 0 Å². The minimum absolute atomic E-state index is 0. The van der Waals surface area contributed by atoms with Crippen molar-refractivity contribution in [2.24, 2.45) is 5.73 Å². The zero-order valence-corrected chi connectivity index (χ0v) is 21.6. The molecule has 2 N–H and O–H groups in total. The Morgan fingerprint density at radius 1 is 1.15 bits per heavy atom. The smallest absolute Gasteiger partial charge is 0.231 e. The topological polar surface area (TPSA) is 51.0 Å². The molecule has 5 rings (SSSR count). The van der Waals surface area contributed by atoms with Gasteiger partial charge in [-0.15, -0.1) is 12.4 Å². The lowest BCUT2D eigenvalue weighted by molar-refractivity contribution is 0.0993. The minimum atomic E-state index is 0. The summed E-state index contributed by atoms with van der Waals surface area (Å²) in [5.74, 6) is 1.75. The highest BCUT2D eigenvalue weighted by atomic mass is 35.5. The standard InChI is InChI=1S/C27H35N3O2S.ClH/c1-2-3-14-30(26(28)33)22-11-12-27(21-9-10-23-24(16-21)32-19-31-23)13-15-29(25(27)17-22)18-20-7-5-4-6-8-20;/h4-10,16,22,25H,2-3,11-15,17-19H2,1H3,(H2,28,33);1H/t22-,25+,27+;/m1./s1. The van der Waals surface area contributed by atoms with Crippen molar-refractivity contribution in [1.82, 2.24) is 9.80 Å². The van der Waals surface area contributed by atoms with Crippen LogP contribution in [-0.2, 0) is 12.0 Å². The van der Waals surface area contributed by atoms with Crippen molar-refractivity contribution in [2.45, 2.75) is 69.5 Å². The SMILES string of the molecule is CCCCN(C(N)=S)[C@@H]1CC[C@@]2(c3ccc4c(c3)OCO4)CCN(Cc3ccccc3)[C@H]2C1.Cl. The van der Waals surface area contributed by atoms with E-state index in [1.54, 1.807) is 0 Å². The summed E-state index contributed by atoms with van der Waals surface area (Å²) in [4.78, 5) is 5.01. The van der Waals surface area contributed by atoms with Crippen LogP contribution in [0, 0.1) is 0 Å². The molecule has 0 amide bonds. The summed E-state index contributed by atoms with van der Waals surface area (Å²) in [6.45, 7) is 5.58. The van der Waals surface area contributed by atoms with Gasteiger partial charge < -0.3 is 20.1 Å². The van der Waals surface area contributed by atoms with Crippen LogP contribution in [0.4, 0.5) is 0 Å². The third kappa shape index (κ3) is 4.73. The fourth-order valence-corrected chi connectivity index (χ4v) is 6.50. The first-order chi connectivity index (χ1) is 16.1. The van der Waals surface area contributed by atoms with E-state index in [0.29, 0.717) is 24.0 Å². The molecule has 0 spiro atoms. The maximum absolute atomic E-state index is 6.22. The average Bonchev–Trinajstić information content (AvgIpc) is 3.45. The second-order valence-electron chi connectivity index (χ2n) is 9.76. The summed E-state index contributed by atoms with van der Waals surface area (Å²) in [6, 6.07) is 18.3. The Bertz CT molecular complexity index is 991. The number of ether oxygens (including phenoxy) is 2. The Morgan fingerprint density at radius 3 is 2.71 bits per heavy atom. The Labute approximate surface area is 215 Å². The van der Waals surface area contributed by atoms with Crippen molar-refractivity contribution in [1.29, 1.82) is 0 Å². The average molecular weight is 502 g/mol. The second kappa shape index (κ2) is 10.7. The van der Waals surface area contributed by atoms with Gasteiger partial charge in [-0.2, -0.15) is 0 Å². The summed E-state index contributed by atoms with van der Waals surface area (Å²) in [6.07, 6.45) is 6.78. The third-order valence-corrected chi connectivity index (χ3v) is 8.23. The molecule has 184 valence electrons. The van der Waals surface area contributed by atoms with Gasteiger partial charge >= 0.3 is 0 Å². The van der Waals surface area contributed by atoms with Crippen molar-refractivity contribution in [3.8, 4) is 11.5 Å². The summed E-state index contributed by atoms with van der Waals surface area (Å²) in [5, 5.41) is 0.552. The third-order valence-electron chi connectivity index (χ3n) is 8.00. The normalized spacial score (nSPS) is 25.4. The highest BCUT2D eigenvalue weighted by molar-refractivity contribution is 7.80. The van der Waals surface area contributed by atoms with Gasteiger partial charge in [0, 0.05) is 30.6 Å². The molecule has 3 atom stereocenters. The van der Waals surface area contributed by atoms with Crippen molar-refractivity contribution in [3.05, 3.63) is 59.7 Å². The van der Waals surface area contributed by atoms with Gasteiger partial charge in [0.05, 0.1) is 0 Å². The van der Waals surface area contributed by atoms with E-state index in [2.05, 4.69) is 65.3 Å². The molecule has 3 aliphatic rings. The number of halogens is 1. The van der Waals surface area contributed by atoms with E-state index in [0.717, 1.165) is 63.2 Å². The largest absolute Gasteiger partial charge is 0.454 e. The van der Waals surface area contributed by atoms with Gasteiger partial charge in [0.1, 0.15) is 0 Å². The Kier molecular flexibility index (Phi) is 7.90. The van der Waals surface area contributed by atoms with Crippen molar-refractivity contribution in [3.63, 3.8) is 0 Å². The molecular formula is C27H36ClN3O2S. The van der Waals surface area contributed by atoms with E-state index in [9.17, 15) is 0 Å². The molecule has 5 nitrogen and oxygen atoms in total. The number of hydrogen-bond donors (Lipinski definition) is 1. The number of likely N-dealkylation sites (tertiary alicyclic amines) is 1. The molecular weight excluding hydrogens is 466 g/mol. The van der Waals surface area contributed by atoms with Crippen LogP contribution >= 0.6 is 24.6 Å². The number of unbranched alkanes of at least 4 members (excludes halogenated alkanes) is 1.